The van der Waals surface area contributed by atoms with E-state index in [1.54, 1.807) is 7.05 Å². The van der Waals surface area contributed by atoms with Gasteiger partial charge in [0.2, 0.25) is 10.0 Å². The Balaban J connectivity index is 0.00000576. The number of sulfonamides is 1. The molecular formula is C17H30ClN3O3S. The first-order valence-corrected chi connectivity index (χ1v) is 9.77. The maximum atomic E-state index is 12.4. The highest BCUT2D eigenvalue weighted by molar-refractivity contribution is 7.89. The lowest BCUT2D eigenvalue weighted by atomic mass is 10.1. The zero-order valence-corrected chi connectivity index (χ0v) is 17.0. The van der Waals surface area contributed by atoms with Gasteiger partial charge in [-0.3, -0.25) is 4.79 Å². The van der Waals surface area contributed by atoms with Crippen LogP contribution in [0.25, 0.3) is 0 Å². The first-order valence-electron chi connectivity index (χ1n) is 8.33. The summed E-state index contributed by atoms with van der Waals surface area (Å²) in [7, 11) is -2.00. The van der Waals surface area contributed by atoms with Gasteiger partial charge in [-0.2, -0.15) is 4.31 Å². The molecule has 6 nitrogen and oxygen atoms in total. The molecule has 1 rings (SSSR count). The van der Waals surface area contributed by atoms with Crippen LogP contribution in [0.4, 0.5) is 0 Å². The van der Waals surface area contributed by atoms with E-state index in [9.17, 15) is 13.2 Å². The highest BCUT2D eigenvalue weighted by Crippen LogP contribution is 2.17. The van der Waals surface area contributed by atoms with E-state index in [1.165, 1.54) is 28.6 Å². The normalized spacial score (nSPS) is 12.8. The summed E-state index contributed by atoms with van der Waals surface area (Å²) < 4.78 is 26.1. The van der Waals surface area contributed by atoms with Gasteiger partial charge in [0.15, 0.2) is 0 Å². The molecule has 0 aliphatic heterocycles. The minimum absolute atomic E-state index is 0. The number of halogens is 1. The molecule has 1 unspecified atom stereocenters. The molecule has 0 saturated carbocycles. The van der Waals surface area contributed by atoms with Gasteiger partial charge in [0.25, 0.3) is 5.91 Å². The fourth-order valence-electron chi connectivity index (χ4n) is 2.19. The van der Waals surface area contributed by atoms with Crippen molar-refractivity contribution in [2.75, 3.05) is 13.6 Å². The van der Waals surface area contributed by atoms with Crippen LogP contribution < -0.4 is 11.1 Å². The van der Waals surface area contributed by atoms with Gasteiger partial charge in [-0.15, -0.1) is 12.4 Å². The summed E-state index contributed by atoms with van der Waals surface area (Å²) in [4.78, 5) is 12.4. The second kappa shape index (κ2) is 10.8. The van der Waals surface area contributed by atoms with Crippen molar-refractivity contribution in [3.8, 4) is 0 Å². The Morgan fingerprint density at radius 1 is 1.24 bits per heavy atom. The number of carbonyl (C=O) groups excluding carboxylic acids is 1. The van der Waals surface area contributed by atoms with E-state index in [1.807, 2.05) is 13.8 Å². The van der Waals surface area contributed by atoms with Crippen LogP contribution in [-0.2, 0) is 10.0 Å². The molecule has 0 aliphatic rings. The fourth-order valence-corrected chi connectivity index (χ4v) is 3.56. The van der Waals surface area contributed by atoms with Gasteiger partial charge in [-0.1, -0.05) is 19.8 Å². The number of benzene rings is 1. The molecule has 1 aromatic rings. The van der Waals surface area contributed by atoms with Crippen molar-refractivity contribution in [2.24, 2.45) is 5.73 Å². The molecule has 0 radical (unpaired) electrons. The summed E-state index contributed by atoms with van der Waals surface area (Å²) >= 11 is 0. The van der Waals surface area contributed by atoms with Gasteiger partial charge < -0.3 is 11.1 Å². The average Bonchev–Trinajstić information content (AvgIpc) is 2.57. The maximum Gasteiger partial charge on any atom is 0.251 e. The summed E-state index contributed by atoms with van der Waals surface area (Å²) in [6, 6.07) is 5.79. The molecule has 1 amide bonds. The standard InChI is InChI=1S/C17H29N3O3S.ClH/c1-5-6-7-15(12-18)19-17(21)14-8-10-16(11-9-14)24(22,23)20(4)13(2)3;/h8-11,13,15H,5-7,12,18H2,1-4H3,(H,19,21);1H. The lowest BCUT2D eigenvalue weighted by molar-refractivity contribution is 0.0935. The largest absolute Gasteiger partial charge is 0.348 e. The summed E-state index contributed by atoms with van der Waals surface area (Å²) in [6.07, 6.45) is 2.88. The second-order valence-corrected chi connectivity index (χ2v) is 8.19. The molecular weight excluding hydrogens is 362 g/mol. The number of hydrogen-bond acceptors (Lipinski definition) is 4. The van der Waals surface area contributed by atoms with E-state index in [0.29, 0.717) is 12.1 Å². The Morgan fingerprint density at radius 2 is 1.80 bits per heavy atom. The number of carbonyl (C=O) groups is 1. The van der Waals surface area contributed by atoms with Crippen molar-refractivity contribution in [2.45, 2.75) is 57.0 Å². The summed E-state index contributed by atoms with van der Waals surface area (Å²) in [5.41, 5.74) is 6.11. The van der Waals surface area contributed by atoms with Gasteiger partial charge in [0, 0.05) is 31.2 Å². The number of nitrogens with one attached hydrogen (secondary N) is 1. The van der Waals surface area contributed by atoms with Crippen LogP contribution >= 0.6 is 12.4 Å². The van der Waals surface area contributed by atoms with Crippen molar-refractivity contribution >= 4 is 28.3 Å². The third kappa shape index (κ3) is 6.58. The molecule has 0 saturated heterocycles. The molecule has 144 valence electrons. The number of nitrogens with two attached hydrogens (primary N) is 1. The molecule has 1 atom stereocenters. The Labute approximate surface area is 157 Å². The Morgan fingerprint density at radius 3 is 2.24 bits per heavy atom. The number of unbranched alkanes of at least 4 members (excludes halogenated alkanes) is 1. The summed E-state index contributed by atoms with van der Waals surface area (Å²) in [6.45, 7) is 6.09. The Bertz CT molecular complexity index is 633. The van der Waals surface area contributed by atoms with Crippen LogP contribution in [0.5, 0.6) is 0 Å². The lowest BCUT2D eigenvalue weighted by Gasteiger charge is -2.21. The fraction of sp³-hybridized carbons (Fsp3) is 0.588. The van der Waals surface area contributed by atoms with Crippen LogP contribution in [0, 0.1) is 0 Å². The van der Waals surface area contributed by atoms with Crippen LogP contribution in [0.1, 0.15) is 50.4 Å². The smallest absolute Gasteiger partial charge is 0.251 e. The number of rotatable bonds is 9. The quantitative estimate of drug-likeness (QED) is 0.675. The third-order valence-electron chi connectivity index (χ3n) is 4.05. The van der Waals surface area contributed by atoms with Gasteiger partial charge in [-0.25, -0.2) is 8.42 Å². The van der Waals surface area contributed by atoms with Gasteiger partial charge >= 0.3 is 0 Å². The lowest BCUT2D eigenvalue weighted by Crippen LogP contribution is -2.40. The van der Waals surface area contributed by atoms with Crippen molar-refractivity contribution < 1.29 is 13.2 Å². The van der Waals surface area contributed by atoms with E-state index >= 15 is 0 Å². The predicted molar refractivity (Wildman–Crippen MR) is 104 cm³/mol. The van der Waals surface area contributed by atoms with Crippen LogP contribution in [-0.4, -0.2) is 44.3 Å². The van der Waals surface area contributed by atoms with Crippen molar-refractivity contribution in [1.29, 1.82) is 0 Å². The molecule has 0 heterocycles. The summed E-state index contributed by atoms with van der Waals surface area (Å²) in [5.74, 6) is -0.234. The predicted octanol–water partition coefficient (Wildman–Crippen LogP) is 2.38. The van der Waals surface area contributed by atoms with Crippen molar-refractivity contribution in [3.05, 3.63) is 29.8 Å². The minimum Gasteiger partial charge on any atom is -0.348 e. The van der Waals surface area contributed by atoms with Crippen molar-refractivity contribution in [1.82, 2.24) is 9.62 Å². The molecule has 0 aromatic heterocycles. The second-order valence-electron chi connectivity index (χ2n) is 6.19. The van der Waals surface area contributed by atoms with Crippen LogP contribution in [0.3, 0.4) is 0 Å². The molecule has 1 aromatic carbocycles. The zero-order chi connectivity index (χ0) is 18.3. The van der Waals surface area contributed by atoms with Gasteiger partial charge in [-0.05, 0) is 44.5 Å². The minimum atomic E-state index is -3.54. The maximum absolute atomic E-state index is 12.4. The monoisotopic (exact) mass is 391 g/mol. The van der Waals surface area contributed by atoms with E-state index in [4.69, 9.17) is 5.73 Å². The van der Waals surface area contributed by atoms with Gasteiger partial charge in [0.05, 0.1) is 4.90 Å². The van der Waals surface area contributed by atoms with E-state index in [-0.39, 0.29) is 35.3 Å². The third-order valence-corrected chi connectivity index (χ3v) is 6.09. The molecule has 0 bridgehead atoms. The molecule has 0 fully saturated rings. The van der Waals surface area contributed by atoms with Crippen molar-refractivity contribution in [3.63, 3.8) is 0 Å². The molecule has 0 aliphatic carbocycles. The summed E-state index contributed by atoms with van der Waals surface area (Å²) in [5, 5.41) is 2.89. The zero-order valence-electron chi connectivity index (χ0n) is 15.4. The Kier molecular flexibility index (Phi) is 10.3. The molecule has 25 heavy (non-hydrogen) atoms. The average molecular weight is 392 g/mol. The van der Waals surface area contributed by atoms with Gasteiger partial charge in [0.1, 0.15) is 0 Å². The van der Waals surface area contributed by atoms with Crippen LogP contribution in [0.15, 0.2) is 29.2 Å². The first-order chi connectivity index (χ1) is 11.2. The highest BCUT2D eigenvalue weighted by Gasteiger charge is 2.23. The van der Waals surface area contributed by atoms with E-state index < -0.39 is 10.0 Å². The highest BCUT2D eigenvalue weighted by atomic mass is 35.5. The van der Waals surface area contributed by atoms with E-state index in [0.717, 1.165) is 19.3 Å². The van der Waals surface area contributed by atoms with E-state index in [2.05, 4.69) is 12.2 Å². The topological polar surface area (TPSA) is 92.5 Å². The number of amides is 1. The Hall–Kier alpha value is -1.15. The SMILES string of the molecule is CCCCC(CN)NC(=O)c1ccc(S(=O)(=O)N(C)C(C)C)cc1.Cl. The number of hydrogen-bond donors (Lipinski definition) is 2. The van der Waals surface area contributed by atoms with Crippen LogP contribution in [0.2, 0.25) is 0 Å². The molecule has 3 N–H and O–H groups in total. The first kappa shape index (κ1) is 23.9. The number of nitrogens with zero attached hydrogens (tertiary/aromatic N) is 1. The molecule has 8 heteroatoms. The molecule has 0 spiro atoms.